The number of amides is 1. The van der Waals surface area contributed by atoms with Crippen molar-refractivity contribution in [3.05, 3.63) is 71.7 Å². The molecule has 1 atom stereocenters. The van der Waals surface area contributed by atoms with Gasteiger partial charge in [0.2, 0.25) is 0 Å². The number of hydrogen-bond acceptors (Lipinski definition) is 3. The van der Waals surface area contributed by atoms with Gasteiger partial charge in [0.25, 0.3) is 5.91 Å². The number of benzene rings is 1. The first-order valence-electron chi connectivity index (χ1n) is 7.10. The third-order valence-electron chi connectivity index (χ3n) is 3.49. The number of carbonyl (C=O) groups is 1. The van der Waals surface area contributed by atoms with Gasteiger partial charge in [-0.05, 0) is 30.2 Å². The predicted octanol–water partition coefficient (Wildman–Crippen LogP) is 2.11. The van der Waals surface area contributed by atoms with Gasteiger partial charge in [0, 0.05) is 18.9 Å². The van der Waals surface area contributed by atoms with E-state index in [9.17, 15) is 9.90 Å². The first kappa shape index (κ1) is 14.3. The van der Waals surface area contributed by atoms with Gasteiger partial charge in [0.1, 0.15) is 11.3 Å². The summed E-state index contributed by atoms with van der Waals surface area (Å²) in [5, 5.41) is 12.8. The Hall–Kier alpha value is -2.66. The second-order valence-electron chi connectivity index (χ2n) is 5.23. The van der Waals surface area contributed by atoms with Crippen molar-refractivity contribution in [2.45, 2.75) is 13.0 Å². The van der Waals surface area contributed by atoms with Crippen molar-refractivity contribution in [3.63, 3.8) is 0 Å². The van der Waals surface area contributed by atoms with Crippen LogP contribution in [0.1, 0.15) is 27.7 Å². The molecule has 2 aromatic heterocycles. The zero-order valence-corrected chi connectivity index (χ0v) is 12.2. The van der Waals surface area contributed by atoms with E-state index in [1.54, 1.807) is 10.6 Å². The number of fused-ring (bicyclic) bond motifs is 1. The number of aliphatic hydroxyl groups excluding tert-OH is 1. The highest BCUT2D eigenvalue weighted by Crippen LogP contribution is 2.11. The highest BCUT2D eigenvalue weighted by Gasteiger charge is 2.13. The van der Waals surface area contributed by atoms with Crippen molar-refractivity contribution in [3.8, 4) is 0 Å². The largest absolute Gasteiger partial charge is 0.387 e. The minimum Gasteiger partial charge on any atom is -0.387 e. The molecule has 5 heteroatoms. The maximum atomic E-state index is 12.1. The lowest BCUT2D eigenvalue weighted by Gasteiger charge is -2.11. The van der Waals surface area contributed by atoms with Crippen LogP contribution in [-0.2, 0) is 0 Å². The number of nitrogens with one attached hydrogen (secondary N) is 1. The molecule has 3 rings (SSSR count). The lowest BCUT2D eigenvalue weighted by atomic mass is 10.1. The monoisotopic (exact) mass is 295 g/mol. The fourth-order valence-corrected chi connectivity index (χ4v) is 2.27. The van der Waals surface area contributed by atoms with E-state index in [2.05, 4.69) is 10.3 Å². The Morgan fingerprint density at radius 1 is 1.32 bits per heavy atom. The number of carbonyl (C=O) groups excluding carboxylic acids is 1. The SMILES string of the molecule is Cc1ccn2cc(C(=O)NC[C@H](O)c3ccccc3)nc2c1. The van der Waals surface area contributed by atoms with Crippen molar-refractivity contribution < 1.29 is 9.90 Å². The molecule has 0 bridgehead atoms. The van der Waals surface area contributed by atoms with Crippen molar-refractivity contribution in [2.24, 2.45) is 0 Å². The fourth-order valence-electron chi connectivity index (χ4n) is 2.27. The third-order valence-corrected chi connectivity index (χ3v) is 3.49. The van der Waals surface area contributed by atoms with Gasteiger partial charge in [0.15, 0.2) is 0 Å². The molecule has 0 spiro atoms. The van der Waals surface area contributed by atoms with Crippen LogP contribution in [0.2, 0.25) is 0 Å². The summed E-state index contributed by atoms with van der Waals surface area (Å²) in [7, 11) is 0. The Morgan fingerprint density at radius 2 is 2.09 bits per heavy atom. The maximum Gasteiger partial charge on any atom is 0.271 e. The maximum absolute atomic E-state index is 12.1. The third kappa shape index (κ3) is 2.99. The summed E-state index contributed by atoms with van der Waals surface area (Å²) >= 11 is 0. The molecule has 5 nitrogen and oxygen atoms in total. The Bertz CT molecular complexity index is 796. The molecular formula is C17H17N3O2. The van der Waals surface area contributed by atoms with Crippen LogP contribution in [0, 0.1) is 6.92 Å². The van der Waals surface area contributed by atoms with Crippen LogP contribution in [-0.4, -0.2) is 26.9 Å². The normalized spacial score (nSPS) is 12.3. The van der Waals surface area contributed by atoms with E-state index in [-0.39, 0.29) is 12.5 Å². The summed E-state index contributed by atoms with van der Waals surface area (Å²) in [6.07, 6.45) is 2.82. The number of rotatable bonds is 4. The molecule has 112 valence electrons. The first-order valence-corrected chi connectivity index (χ1v) is 7.10. The smallest absolute Gasteiger partial charge is 0.271 e. The summed E-state index contributed by atoms with van der Waals surface area (Å²) in [5.41, 5.74) is 2.93. The molecule has 1 aromatic carbocycles. The van der Waals surface area contributed by atoms with Gasteiger partial charge in [0.05, 0.1) is 6.10 Å². The van der Waals surface area contributed by atoms with Gasteiger partial charge in [-0.15, -0.1) is 0 Å². The average molecular weight is 295 g/mol. The number of aromatic nitrogens is 2. The molecule has 0 saturated heterocycles. The van der Waals surface area contributed by atoms with Crippen molar-refractivity contribution in [1.29, 1.82) is 0 Å². The van der Waals surface area contributed by atoms with Crippen LogP contribution in [0.3, 0.4) is 0 Å². The van der Waals surface area contributed by atoms with Crippen LogP contribution < -0.4 is 5.32 Å². The van der Waals surface area contributed by atoms with Crippen molar-refractivity contribution in [1.82, 2.24) is 14.7 Å². The highest BCUT2D eigenvalue weighted by molar-refractivity contribution is 5.92. The number of imidazole rings is 1. The van der Waals surface area contributed by atoms with Crippen LogP contribution in [0.15, 0.2) is 54.9 Å². The van der Waals surface area contributed by atoms with E-state index < -0.39 is 6.10 Å². The molecule has 1 amide bonds. The Kier molecular flexibility index (Phi) is 3.89. The van der Waals surface area contributed by atoms with Gasteiger partial charge >= 0.3 is 0 Å². The van der Waals surface area contributed by atoms with E-state index in [1.807, 2.05) is 55.6 Å². The molecule has 0 fully saturated rings. The van der Waals surface area contributed by atoms with E-state index in [1.165, 1.54) is 0 Å². The summed E-state index contributed by atoms with van der Waals surface area (Å²) < 4.78 is 1.80. The molecule has 0 aliphatic heterocycles. The fraction of sp³-hybridized carbons (Fsp3) is 0.176. The van der Waals surface area contributed by atoms with Crippen LogP contribution in [0.4, 0.5) is 0 Å². The van der Waals surface area contributed by atoms with Crippen molar-refractivity contribution >= 4 is 11.6 Å². The van der Waals surface area contributed by atoms with Gasteiger partial charge in [-0.3, -0.25) is 4.79 Å². The lowest BCUT2D eigenvalue weighted by Crippen LogP contribution is -2.28. The Labute approximate surface area is 128 Å². The molecule has 0 aliphatic rings. The molecule has 2 N–H and O–H groups in total. The molecule has 0 saturated carbocycles. The molecule has 2 heterocycles. The standard InChI is InChI=1S/C17H17N3O2/c1-12-7-8-20-11-14(19-16(20)9-12)17(22)18-10-15(21)13-5-3-2-4-6-13/h2-9,11,15,21H,10H2,1H3,(H,18,22)/t15-/m0/s1. The Morgan fingerprint density at radius 3 is 2.86 bits per heavy atom. The number of hydrogen-bond donors (Lipinski definition) is 2. The number of pyridine rings is 1. The van der Waals surface area contributed by atoms with Gasteiger partial charge in [-0.2, -0.15) is 0 Å². The van der Waals surface area contributed by atoms with Crippen LogP contribution in [0.5, 0.6) is 0 Å². The first-order chi connectivity index (χ1) is 10.6. The topological polar surface area (TPSA) is 66.6 Å². The molecule has 0 unspecified atom stereocenters. The molecular weight excluding hydrogens is 278 g/mol. The Balaban J connectivity index is 1.68. The molecule has 3 aromatic rings. The number of nitrogens with zero attached hydrogens (tertiary/aromatic N) is 2. The van der Waals surface area contributed by atoms with Gasteiger partial charge < -0.3 is 14.8 Å². The highest BCUT2D eigenvalue weighted by atomic mass is 16.3. The van der Waals surface area contributed by atoms with E-state index >= 15 is 0 Å². The van der Waals surface area contributed by atoms with Gasteiger partial charge in [-0.1, -0.05) is 30.3 Å². The minimum absolute atomic E-state index is 0.149. The zero-order chi connectivity index (χ0) is 15.5. The van der Waals surface area contributed by atoms with Crippen LogP contribution in [0.25, 0.3) is 5.65 Å². The van der Waals surface area contributed by atoms with E-state index in [0.29, 0.717) is 5.69 Å². The molecule has 0 aliphatic carbocycles. The van der Waals surface area contributed by atoms with Crippen molar-refractivity contribution in [2.75, 3.05) is 6.54 Å². The summed E-state index contributed by atoms with van der Waals surface area (Å²) in [6.45, 7) is 2.13. The predicted molar refractivity (Wildman–Crippen MR) is 83.7 cm³/mol. The van der Waals surface area contributed by atoms with Crippen LogP contribution >= 0.6 is 0 Å². The summed E-state index contributed by atoms with van der Waals surface area (Å²) in [5.74, 6) is -0.295. The van der Waals surface area contributed by atoms with Gasteiger partial charge in [-0.25, -0.2) is 4.98 Å². The minimum atomic E-state index is -0.732. The molecule has 0 radical (unpaired) electrons. The lowest BCUT2D eigenvalue weighted by molar-refractivity contribution is 0.0912. The number of aryl methyl sites for hydroxylation is 1. The molecule has 22 heavy (non-hydrogen) atoms. The average Bonchev–Trinajstić information content (AvgIpc) is 2.96. The summed E-state index contributed by atoms with van der Waals surface area (Å²) in [6, 6.07) is 13.1. The van der Waals surface area contributed by atoms with E-state index in [0.717, 1.165) is 16.8 Å². The summed E-state index contributed by atoms with van der Waals surface area (Å²) in [4.78, 5) is 16.4. The second kappa shape index (κ2) is 5.99. The zero-order valence-electron chi connectivity index (χ0n) is 12.2. The second-order valence-corrected chi connectivity index (χ2v) is 5.23. The van der Waals surface area contributed by atoms with E-state index in [4.69, 9.17) is 0 Å². The number of aliphatic hydroxyl groups is 1. The quantitative estimate of drug-likeness (QED) is 0.774.